The van der Waals surface area contributed by atoms with Gasteiger partial charge in [-0.25, -0.2) is 15.0 Å². The van der Waals surface area contributed by atoms with Crippen molar-refractivity contribution in [2.45, 2.75) is 0 Å². The number of nitrogens with zero attached hydrogens (tertiary/aromatic N) is 3. The van der Waals surface area contributed by atoms with E-state index in [2.05, 4.69) is 70.6 Å². The largest absolute Gasteiger partial charge is 0.217 e. The van der Waals surface area contributed by atoms with E-state index in [0.29, 0.717) is 11.6 Å². The summed E-state index contributed by atoms with van der Waals surface area (Å²) in [5.41, 5.74) is 4.36. The summed E-state index contributed by atoms with van der Waals surface area (Å²) in [6.07, 6.45) is 1.59. The predicted octanol–water partition coefficient (Wildman–Crippen LogP) is 6.03. The van der Waals surface area contributed by atoms with Gasteiger partial charge in [0.05, 0.1) is 0 Å². The molecule has 0 atom stereocenters. The minimum atomic E-state index is 0.678. The van der Waals surface area contributed by atoms with Crippen LogP contribution >= 0.6 is 0 Å². The molecule has 0 unspecified atom stereocenters. The number of rotatable bonds is 3. The highest BCUT2D eigenvalue weighted by Gasteiger charge is 2.09. The summed E-state index contributed by atoms with van der Waals surface area (Å²) >= 11 is 0. The Balaban J connectivity index is 1.54. The highest BCUT2D eigenvalue weighted by Crippen LogP contribution is 2.28. The molecule has 0 amide bonds. The lowest BCUT2D eigenvalue weighted by Crippen LogP contribution is -1.95. The Labute approximate surface area is 163 Å². The Bertz CT molecular complexity index is 1240. The molecule has 3 heteroatoms. The molecule has 0 aliphatic rings. The van der Waals surface area contributed by atoms with Gasteiger partial charge in [-0.05, 0) is 21.9 Å². The fourth-order valence-corrected chi connectivity index (χ4v) is 3.43. The lowest BCUT2D eigenvalue weighted by atomic mass is 10.0. The van der Waals surface area contributed by atoms with Crippen LogP contribution < -0.4 is 0 Å². The van der Waals surface area contributed by atoms with Crippen LogP contribution in [0.5, 0.6) is 0 Å². The van der Waals surface area contributed by atoms with E-state index in [4.69, 9.17) is 4.98 Å². The van der Waals surface area contributed by atoms with Crippen LogP contribution in [0.2, 0.25) is 0 Å². The van der Waals surface area contributed by atoms with E-state index in [1.807, 2.05) is 36.4 Å². The third-order valence-electron chi connectivity index (χ3n) is 4.85. The van der Waals surface area contributed by atoms with Crippen molar-refractivity contribution in [2.24, 2.45) is 0 Å². The molecule has 4 aromatic carbocycles. The monoisotopic (exact) mass is 359 g/mol. The maximum absolute atomic E-state index is 4.74. The average molecular weight is 359 g/mol. The number of hydrogen-bond acceptors (Lipinski definition) is 3. The molecule has 1 aromatic heterocycles. The molecule has 1 heterocycles. The second kappa shape index (κ2) is 7.05. The third-order valence-corrected chi connectivity index (χ3v) is 4.85. The molecule has 28 heavy (non-hydrogen) atoms. The van der Waals surface area contributed by atoms with E-state index in [1.165, 1.54) is 16.5 Å². The first kappa shape index (κ1) is 16.3. The topological polar surface area (TPSA) is 38.7 Å². The van der Waals surface area contributed by atoms with Gasteiger partial charge in [-0.15, -0.1) is 0 Å². The summed E-state index contributed by atoms with van der Waals surface area (Å²) in [5, 5.41) is 2.32. The van der Waals surface area contributed by atoms with Gasteiger partial charge in [-0.3, -0.25) is 0 Å². The molecule has 0 saturated carbocycles. The second-order valence-corrected chi connectivity index (χ2v) is 6.60. The van der Waals surface area contributed by atoms with E-state index in [0.717, 1.165) is 16.5 Å². The van der Waals surface area contributed by atoms with Crippen LogP contribution in [0.25, 0.3) is 44.7 Å². The zero-order chi connectivity index (χ0) is 18.8. The van der Waals surface area contributed by atoms with Crippen LogP contribution in [-0.4, -0.2) is 15.0 Å². The van der Waals surface area contributed by atoms with Crippen molar-refractivity contribution in [3.05, 3.63) is 103 Å². The molecular weight excluding hydrogens is 342 g/mol. The normalized spacial score (nSPS) is 10.9. The maximum Gasteiger partial charge on any atom is 0.163 e. The molecule has 0 bridgehead atoms. The summed E-state index contributed by atoms with van der Waals surface area (Å²) in [4.78, 5) is 13.6. The van der Waals surface area contributed by atoms with Crippen molar-refractivity contribution < 1.29 is 0 Å². The molecular formula is C25H17N3. The van der Waals surface area contributed by atoms with E-state index in [9.17, 15) is 0 Å². The van der Waals surface area contributed by atoms with E-state index < -0.39 is 0 Å². The van der Waals surface area contributed by atoms with Crippen LogP contribution in [0, 0.1) is 0 Å². The molecule has 0 N–H and O–H groups in total. The zero-order valence-corrected chi connectivity index (χ0v) is 15.2. The Kier molecular flexibility index (Phi) is 4.11. The maximum atomic E-state index is 4.74. The molecule has 5 rings (SSSR count). The van der Waals surface area contributed by atoms with Gasteiger partial charge in [0.1, 0.15) is 6.33 Å². The minimum Gasteiger partial charge on any atom is -0.217 e. The smallest absolute Gasteiger partial charge is 0.163 e. The molecule has 0 saturated heterocycles. The van der Waals surface area contributed by atoms with Crippen molar-refractivity contribution in [3.63, 3.8) is 0 Å². The Morgan fingerprint density at radius 3 is 1.96 bits per heavy atom. The standard InChI is InChI=1S/C25H17N3/c1-2-7-18(8-3-1)19-13-15-21(16-14-19)24-26-17-27-25(28-24)23-12-6-10-20-9-4-5-11-22(20)23/h1-17H. The van der Waals surface area contributed by atoms with Gasteiger partial charge in [-0.1, -0.05) is 97.1 Å². The van der Waals surface area contributed by atoms with Crippen LogP contribution in [0.3, 0.4) is 0 Å². The molecule has 0 spiro atoms. The molecule has 0 aliphatic heterocycles. The first-order valence-corrected chi connectivity index (χ1v) is 9.21. The summed E-state index contributed by atoms with van der Waals surface area (Å²) in [5.74, 6) is 1.37. The van der Waals surface area contributed by atoms with Crippen molar-refractivity contribution in [1.82, 2.24) is 15.0 Å². The van der Waals surface area contributed by atoms with Crippen LogP contribution in [0.15, 0.2) is 103 Å². The van der Waals surface area contributed by atoms with Crippen molar-refractivity contribution in [2.75, 3.05) is 0 Å². The van der Waals surface area contributed by atoms with Gasteiger partial charge >= 0.3 is 0 Å². The van der Waals surface area contributed by atoms with Gasteiger partial charge in [0, 0.05) is 11.1 Å². The molecule has 0 radical (unpaired) electrons. The zero-order valence-electron chi connectivity index (χ0n) is 15.2. The van der Waals surface area contributed by atoms with Crippen LogP contribution in [0.4, 0.5) is 0 Å². The van der Waals surface area contributed by atoms with Crippen molar-refractivity contribution in [1.29, 1.82) is 0 Å². The van der Waals surface area contributed by atoms with Gasteiger partial charge in [0.2, 0.25) is 0 Å². The Morgan fingerprint density at radius 1 is 0.464 bits per heavy atom. The fourth-order valence-electron chi connectivity index (χ4n) is 3.43. The first-order valence-electron chi connectivity index (χ1n) is 9.21. The van der Waals surface area contributed by atoms with Gasteiger partial charge in [-0.2, -0.15) is 0 Å². The Morgan fingerprint density at radius 2 is 1.11 bits per heavy atom. The van der Waals surface area contributed by atoms with Gasteiger partial charge < -0.3 is 0 Å². The number of benzene rings is 4. The van der Waals surface area contributed by atoms with E-state index >= 15 is 0 Å². The Hall–Kier alpha value is -3.85. The SMILES string of the molecule is c1ccc(-c2ccc(-c3ncnc(-c4cccc5ccccc45)n3)cc2)cc1. The molecule has 132 valence electrons. The average Bonchev–Trinajstić information content (AvgIpc) is 2.79. The summed E-state index contributed by atoms with van der Waals surface area (Å²) < 4.78 is 0. The molecule has 0 fully saturated rings. The summed E-state index contributed by atoms with van der Waals surface area (Å²) in [6.45, 7) is 0. The minimum absolute atomic E-state index is 0.678. The summed E-state index contributed by atoms with van der Waals surface area (Å²) in [7, 11) is 0. The van der Waals surface area contributed by atoms with Gasteiger partial charge in [0.25, 0.3) is 0 Å². The highest BCUT2D eigenvalue weighted by atomic mass is 15.0. The number of aromatic nitrogens is 3. The lowest BCUT2D eigenvalue weighted by Gasteiger charge is -2.07. The molecule has 5 aromatic rings. The lowest BCUT2D eigenvalue weighted by molar-refractivity contribution is 1.07. The molecule has 3 nitrogen and oxygen atoms in total. The van der Waals surface area contributed by atoms with Crippen LogP contribution in [-0.2, 0) is 0 Å². The summed E-state index contributed by atoms with van der Waals surface area (Å²) in [6, 6.07) is 33.1. The predicted molar refractivity (Wildman–Crippen MR) is 114 cm³/mol. The van der Waals surface area contributed by atoms with E-state index in [1.54, 1.807) is 6.33 Å². The second-order valence-electron chi connectivity index (χ2n) is 6.60. The third kappa shape index (κ3) is 3.03. The number of hydrogen-bond donors (Lipinski definition) is 0. The van der Waals surface area contributed by atoms with Crippen molar-refractivity contribution in [3.8, 4) is 33.9 Å². The van der Waals surface area contributed by atoms with E-state index in [-0.39, 0.29) is 0 Å². The first-order chi connectivity index (χ1) is 13.9. The number of fused-ring (bicyclic) bond motifs is 1. The fraction of sp³-hybridized carbons (Fsp3) is 0. The quantitative estimate of drug-likeness (QED) is 0.395. The molecule has 0 aliphatic carbocycles. The highest BCUT2D eigenvalue weighted by molar-refractivity contribution is 5.95. The van der Waals surface area contributed by atoms with Gasteiger partial charge in [0.15, 0.2) is 11.6 Å². The van der Waals surface area contributed by atoms with Crippen molar-refractivity contribution >= 4 is 10.8 Å². The van der Waals surface area contributed by atoms with Crippen LogP contribution in [0.1, 0.15) is 0 Å².